The highest BCUT2D eigenvalue weighted by Crippen LogP contribution is 2.21. The van der Waals surface area contributed by atoms with Crippen LogP contribution in [0.2, 0.25) is 0 Å². The Morgan fingerprint density at radius 2 is 2.04 bits per heavy atom. The molecule has 2 aromatic carbocycles. The summed E-state index contributed by atoms with van der Waals surface area (Å²) in [6, 6.07) is 15.4. The number of carbonyl (C=O) groups excluding carboxylic acids is 1. The molecule has 0 saturated heterocycles. The molecule has 0 fully saturated rings. The van der Waals surface area contributed by atoms with Crippen LogP contribution < -0.4 is 10.1 Å². The molecule has 25 heavy (non-hydrogen) atoms. The molecular formula is C20H23N3O2. The number of rotatable bonds is 6. The first-order valence-corrected chi connectivity index (χ1v) is 8.49. The lowest BCUT2D eigenvalue weighted by Gasteiger charge is -2.15. The number of fused-ring (bicyclic) bond motifs is 1. The van der Waals surface area contributed by atoms with Crippen molar-refractivity contribution in [3.8, 4) is 5.75 Å². The summed E-state index contributed by atoms with van der Waals surface area (Å²) in [5.41, 5.74) is 2.97. The molecule has 0 radical (unpaired) electrons. The van der Waals surface area contributed by atoms with Gasteiger partial charge in [-0.05, 0) is 43.7 Å². The van der Waals surface area contributed by atoms with E-state index >= 15 is 0 Å². The molecule has 5 heteroatoms. The number of nitrogens with zero attached hydrogens (tertiary/aromatic N) is 2. The van der Waals surface area contributed by atoms with Gasteiger partial charge in [-0.25, -0.2) is 4.98 Å². The van der Waals surface area contributed by atoms with E-state index in [2.05, 4.69) is 22.9 Å². The maximum Gasteiger partial charge on any atom is 0.224 e. The second kappa shape index (κ2) is 7.38. The Balaban J connectivity index is 1.75. The first-order valence-electron chi connectivity index (χ1n) is 8.49. The first kappa shape index (κ1) is 17.0. The molecule has 0 aliphatic carbocycles. The summed E-state index contributed by atoms with van der Waals surface area (Å²) in [6.07, 6.45) is 0.313. The van der Waals surface area contributed by atoms with E-state index in [1.807, 2.05) is 49.4 Å². The normalized spacial score (nSPS) is 12.1. The minimum Gasteiger partial charge on any atom is -0.497 e. The van der Waals surface area contributed by atoms with Gasteiger partial charge in [-0.15, -0.1) is 0 Å². The molecule has 0 aliphatic rings. The molecule has 1 aromatic heterocycles. The van der Waals surface area contributed by atoms with Gasteiger partial charge >= 0.3 is 0 Å². The zero-order valence-corrected chi connectivity index (χ0v) is 14.8. The summed E-state index contributed by atoms with van der Waals surface area (Å²) in [5, 5.41) is 3.05. The lowest BCUT2D eigenvalue weighted by molar-refractivity contribution is -0.121. The molecule has 1 amide bonds. The number of aromatic nitrogens is 2. The summed E-state index contributed by atoms with van der Waals surface area (Å²) in [7, 11) is 1.62. The summed E-state index contributed by atoms with van der Waals surface area (Å²) < 4.78 is 7.35. The Bertz CT molecular complexity index is 886. The highest BCUT2D eigenvalue weighted by atomic mass is 16.5. The summed E-state index contributed by atoms with van der Waals surface area (Å²) in [5.74, 6) is 1.60. The van der Waals surface area contributed by atoms with Crippen molar-refractivity contribution < 1.29 is 9.53 Å². The first-order chi connectivity index (χ1) is 12.1. The van der Waals surface area contributed by atoms with Crippen LogP contribution in [0.25, 0.3) is 11.0 Å². The van der Waals surface area contributed by atoms with Crippen molar-refractivity contribution in [2.24, 2.45) is 0 Å². The lowest BCUT2D eigenvalue weighted by Crippen LogP contribution is -2.30. The molecule has 0 spiro atoms. The van der Waals surface area contributed by atoms with Crippen molar-refractivity contribution in [3.63, 3.8) is 0 Å². The maximum atomic E-state index is 12.4. The van der Waals surface area contributed by atoms with Gasteiger partial charge in [0.15, 0.2) is 0 Å². The smallest absolute Gasteiger partial charge is 0.224 e. The third-order valence-corrected chi connectivity index (χ3v) is 4.26. The van der Waals surface area contributed by atoms with Crippen LogP contribution in [0.4, 0.5) is 0 Å². The zero-order valence-electron chi connectivity index (χ0n) is 14.8. The van der Waals surface area contributed by atoms with Crippen LogP contribution in [0.1, 0.15) is 31.3 Å². The van der Waals surface area contributed by atoms with E-state index in [1.165, 1.54) is 0 Å². The van der Waals surface area contributed by atoms with Gasteiger partial charge in [-0.2, -0.15) is 0 Å². The van der Waals surface area contributed by atoms with Crippen LogP contribution >= 0.6 is 0 Å². The molecule has 0 saturated carbocycles. The number of amides is 1. The van der Waals surface area contributed by atoms with Crippen LogP contribution in [0.15, 0.2) is 48.5 Å². The van der Waals surface area contributed by atoms with Gasteiger partial charge in [0.1, 0.15) is 11.6 Å². The van der Waals surface area contributed by atoms with Crippen LogP contribution in [0.3, 0.4) is 0 Å². The Morgan fingerprint density at radius 1 is 1.24 bits per heavy atom. The van der Waals surface area contributed by atoms with E-state index in [0.29, 0.717) is 6.42 Å². The van der Waals surface area contributed by atoms with Gasteiger partial charge < -0.3 is 14.6 Å². The third-order valence-electron chi connectivity index (χ3n) is 4.26. The molecule has 1 N–H and O–H groups in total. The number of ether oxygens (including phenoxy) is 1. The van der Waals surface area contributed by atoms with Gasteiger partial charge in [-0.3, -0.25) is 4.79 Å². The number of benzene rings is 2. The second-order valence-electron chi connectivity index (χ2n) is 6.02. The number of carbonyl (C=O) groups is 1. The number of hydrogen-bond acceptors (Lipinski definition) is 3. The Hall–Kier alpha value is -2.82. The molecule has 1 atom stereocenters. The van der Waals surface area contributed by atoms with Crippen molar-refractivity contribution >= 4 is 16.9 Å². The molecule has 3 aromatic rings. The summed E-state index contributed by atoms with van der Waals surface area (Å²) in [6.45, 7) is 4.87. The standard InChI is InChI=1S/C20H23N3O2/c1-4-23-18-11-6-5-10-17(18)22-20(23)14(2)21-19(24)13-15-8-7-9-16(12-15)25-3/h5-12,14H,4,13H2,1-3H3,(H,21,24)/t14-/m1/s1. The van der Waals surface area contributed by atoms with Gasteiger partial charge in [0, 0.05) is 6.54 Å². The zero-order chi connectivity index (χ0) is 17.8. The Kier molecular flexibility index (Phi) is 5.03. The average Bonchev–Trinajstić information content (AvgIpc) is 3.00. The SMILES string of the molecule is CCn1c([C@@H](C)NC(=O)Cc2cccc(OC)c2)nc2ccccc21. The second-order valence-corrected chi connectivity index (χ2v) is 6.02. The molecule has 0 bridgehead atoms. The predicted molar refractivity (Wildman–Crippen MR) is 98.7 cm³/mol. The molecule has 130 valence electrons. The van der Waals surface area contributed by atoms with Crippen molar-refractivity contribution in [2.75, 3.05) is 7.11 Å². The van der Waals surface area contributed by atoms with E-state index in [0.717, 1.165) is 34.7 Å². The Labute approximate surface area is 147 Å². The largest absolute Gasteiger partial charge is 0.497 e. The number of aryl methyl sites for hydroxylation is 1. The van der Waals surface area contributed by atoms with Crippen LogP contribution in [-0.4, -0.2) is 22.6 Å². The van der Waals surface area contributed by atoms with E-state index in [4.69, 9.17) is 9.72 Å². The number of methoxy groups -OCH3 is 1. The van der Waals surface area contributed by atoms with Gasteiger partial charge in [0.2, 0.25) is 5.91 Å². The fourth-order valence-corrected chi connectivity index (χ4v) is 3.08. The van der Waals surface area contributed by atoms with E-state index in [-0.39, 0.29) is 11.9 Å². The fraction of sp³-hybridized carbons (Fsp3) is 0.300. The highest BCUT2D eigenvalue weighted by Gasteiger charge is 2.17. The van der Waals surface area contributed by atoms with Crippen LogP contribution in [-0.2, 0) is 17.8 Å². The molecule has 5 nitrogen and oxygen atoms in total. The lowest BCUT2D eigenvalue weighted by atomic mass is 10.1. The minimum absolute atomic E-state index is 0.0320. The number of para-hydroxylation sites is 2. The molecule has 3 rings (SSSR count). The fourth-order valence-electron chi connectivity index (χ4n) is 3.08. The quantitative estimate of drug-likeness (QED) is 0.749. The Morgan fingerprint density at radius 3 is 2.80 bits per heavy atom. The average molecular weight is 337 g/mol. The van der Waals surface area contributed by atoms with Crippen LogP contribution in [0, 0.1) is 0 Å². The van der Waals surface area contributed by atoms with Gasteiger partial charge in [-0.1, -0.05) is 24.3 Å². The van der Waals surface area contributed by atoms with Gasteiger partial charge in [0.05, 0.1) is 30.6 Å². The number of hydrogen-bond donors (Lipinski definition) is 1. The van der Waals surface area contributed by atoms with E-state index in [1.54, 1.807) is 7.11 Å². The van der Waals surface area contributed by atoms with Gasteiger partial charge in [0.25, 0.3) is 0 Å². The third kappa shape index (κ3) is 3.65. The summed E-state index contributed by atoms with van der Waals surface area (Å²) >= 11 is 0. The minimum atomic E-state index is -0.162. The molecule has 1 heterocycles. The highest BCUT2D eigenvalue weighted by molar-refractivity contribution is 5.80. The molecular weight excluding hydrogens is 314 g/mol. The van der Waals surface area contributed by atoms with E-state index < -0.39 is 0 Å². The van der Waals surface area contributed by atoms with E-state index in [9.17, 15) is 4.79 Å². The van der Waals surface area contributed by atoms with Crippen molar-refractivity contribution in [1.29, 1.82) is 0 Å². The summed E-state index contributed by atoms with van der Waals surface area (Å²) in [4.78, 5) is 17.1. The van der Waals surface area contributed by atoms with Crippen molar-refractivity contribution in [2.45, 2.75) is 32.9 Å². The van der Waals surface area contributed by atoms with Crippen LogP contribution in [0.5, 0.6) is 5.75 Å². The topological polar surface area (TPSA) is 56.2 Å². The monoisotopic (exact) mass is 337 g/mol. The predicted octanol–water partition coefficient (Wildman–Crippen LogP) is 3.48. The number of nitrogens with one attached hydrogen (secondary N) is 1. The maximum absolute atomic E-state index is 12.4. The number of imidazole rings is 1. The van der Waals surface area contributed by atoms with Crippen molar-refractivity contribution in [1.82, 2.24) is 14.9 Å². The molecule has 0 unspecified atom stereocenters. The van der Waals surface area contributed by atoms with Crippen molar-refractivity contribution in [3.05, 3.63) is 59.9 Å². The molecule has 0 aliphatic heterocycles.